The van der Waals surface area contributed by atoms with E-state index in [9.17, 15) is 4.79 Å². The number of likely N-dealkylation sites (N-methyl/N-ethyl adjacent to an activating group) is 1. The highest BCUT2D eigenvalue weighted by Crippen LogP contribution is 2.33. The molecule has 1 saturated heterocycles. The molecule has 2 heterocycles. The monoisotopic (exact) mass is 355 g/mol. The molecule has 26 heavy (non-hydrogen) atoms. The SMILES string of the molecule is CN1CCCN(C2(NC(=O)c3cccc4[nH]cnc34)CCCCC2)CC1. The quantitative estimate of drug-likeness (QED) is 0.888. The molecule has 2 aromatic rings. The van der Waals surface area contributed by atoms with Gasteiger partial charge in [-0.15, -0.1) is 0 Å². The largest absolute Gasteiger partial charge is 0.345 e. The molecule has 6 heteroatoms. The Hall–Kier alpha value is -1.92. The van der Waals surface area contributed by atoms with Gasteiger partial charge in [0.2, 0.25) is 0 Å². The highest BCUT2D eigenvalue weighted by Gasteiger charge is 2.40. The Labute approximate surface area is 155 Å². The topological polar surface area (TPSA) is 64.3 Å². The van der Waals surface area contributed by atoms with Gasteiger partial charge in [-0.05, 0) is 57.8 Å². The maximum Gasteiger partial charge on any atom is 0.254 e. The number of H-pyrrole nitrogens is 1. The second kappa shape index (κ2) is 7.37. The number of hydrogen-bond donors (Lipinski definition) is 2. The molecular formula is C20H29N5O. The van der Waals surface area contributed by atoms with Gasteiger partial charge in [-0.2, -0.15) is 0 Å². The van der Waals surface area contributed by atoms with E-state index in [4.69, 9.17) is 0 Å². The second-order valence-electron chi connectivity index (χ2n) is 7.79. The Morgan fingerprint density at radius 1 is 1.12 bits per heavy atom. The van der Waals surface area contributed by atoms with Gasteiger partial charge in [-0.1, -0.05) is 12.5 Å². The molecule has 0 spiro atoms. The lowest BCUT2D eigenvalue weighted by Gasteiger charge is -2.46. The minimum atomic E-state index is -0.209. The summed E-state index contributed by atoms with van der Waals surface area (Å²) in [6.07, 6.45) is 8.52. The van der Waals surface area contributed by atoms with Gasteiger partial charge in [0.05, 0.1) is 23.1 Å². The van der Waals surface area contributed by atoms with Gasteiger partial charge >= 0.3 is 0 Å². The Bertz CT molecular complexity index is 764. The normalized spacial score (nSPS) is 22.2. The van der Waals surface area contributed by atoms with Crippen LogP contribution in [-0.2, 0) is 0 Å². The van der Waals surface area contributed by atoms with Crippen molar-refractivity contribution in [3.05, 3.63) is 30.1 Å². The summed E-state index contributed by atoms with van der Waals surface area (Å²) >= 11 is 0. The molecule has 2 fully saturated rings. The lowest BCUT2D eigenvalue weighted by atomic mass is 9.86. The first-order valence-corrected chi connectivity index (χ1v) is 9.86. The van der Waals surface area contributed by atoms with Crippen LogP contribution in [0.4, 0.5) is 0 Å². The van der Waals surface area contributed by atoms with Gasteiger partial charge in [-0.3, -0.25) is 9.69 Å². The Kier molecular flexibility index (Phi) is 4.96. The van der Waals surface area contributed by atoms with Crippen molar-refractivity contribution in [2.24, 2.45) is 0 Å². The molecule has 1 amide bonds. The summed E-state index contributed by atoms with van der Waals surface area (Å²) in [7, 11) is 2.19. The van der Waals surface area contributed by atoms with Crippen molar-refractivity contribution in [2.45, 2.75) is 44.2 Å². The molecule has 2 N–H and O–H groups in total. The zero-order valence-corrected chi connectivity index (χ0v) is 15.6. The van der Waals surface area contributed by atoms with Crippen molar-refractivity contribution in [1.82, 2.24) is 25.1 Å². The number of imidazole rings is 1. The fraction of sp³-hybridized carbons (Fsp3) is 0.600. The number of nitrogens with one attached hydrogen (secondary N) is 2. The number of benzene rings is 1. The maximum atomic E-state index is 13.2. The van der Waals surface area contributed by atoms with Crippen LogP contribution in [0, 0.1) is 0 Å². The summed E-state index contributed by atoms with van der Waals surface area (Å²) in [5.41, 5.74) is 2.12. The van der Waals surface area contributed by atoms with E-state index < -0.39 is 0 Å². The maximum absolute atomic E-state index is 13.2. The van der Waals surface area contributed by atoms with Crippen LogP contribution in [0.3, 0.4) is 0 Å². The zero-order valence-electron chi connectivity index (χ0n) is 15.6. The number of fused-ring (bicyclic) bond motifs is 1. The number of carbonyl (C=O) groups is 1. The highest BCUT2D eigenvalue weighted by molar-refractivity contribution is 6.05. The van der Waals surface area contributed by atoms with Crippen molar-refractivity contribution >= 4 is 16.9 Å². The number of aromatic nitrogens is 2. The molecule has 1 aromatic heterocycles. The molecule has 6 nitrogen and oxygen atoms in total. The number of amides is 1. The summed E-state index contributed by atoms with van der Waals surface area (Å²) in [6.45, 7) is 4.26. The predicted octanol–water partition coefficient (Wildman–Crippen LogP) is 2.59. The van der Waals surface area contributed by atoms with Crippen LogP contribution in [0.5, 0.6) is 0 Å². The number of para-hydroxylation sites is 1. The summed E-state index contributed by atoms with van der Waals surface area (Å²) in [4.78, 5) is 25.6. The standard InChI is InChI=1S/C20H29N5O/c1-24-11-6-12-25(14-13-24)20(9-3-2-4-10-20)23-19(26)16-7-5-8-17-18(16)22-15-21-17/h5,7-8,15H,2-4,6,9-14H2,1H3,(H,21,22)(H,23,26). The van der Waals surface area contributed by atoms with E-state index in [1.165, 1.54) is 19.3 Å². The van der Waals surface area contributed by atoms with E-state index in [0.717, 1.165) is 56.5 Å². The molecule has 0 unspecified atom stereocenters. The van der Waals surface area contributed by atoms with E-state index in [-0.39, 0.29) is 11.6 Å². The van der Waals surface area contributed by atoms with Crippen LogP contribution in [0.25, 0.3) is 11.0 Å². The van der Waals surface area contributed by atoms with Crippen LogP contribution >= 0.6 is 0 Å². The number of rotatable bonds is 3. The van der Waals surface area contributed by atoms with Crippen LogP contribution in [-0.4, -0.2) is 64.6 Å². The van der Waals surface area contributed by atoms with Gasteiger partial charge in [-0.25, -0.2) is 4.98 Å². The first-order chi connectivity index (χ1) is 12.7. The predicted molar refractivity (Wildman–Crippen MR) is 103 cm³/mol. The lowest BCUT2D eigenvalue weighted by Crippen LogP contribution is -2.62. The fourth-order valence-electron chi connectivity index (χ4n) is 4.56. The number of carbonyl (C=O) groups excluding carboxylic acids is 1. The van der Waals surface area contributed by atoms with E-state index >= 15 is 0 Å². The van der Waals surface area contributed by atoms with Crippen molar-refractivity contribution in [1.29, 1.82) is 0 Å². The zero-order chi connectivity index (χ0) is 18.0. The minimum Gasteiger partial charge on any atom is -0.345 e. The molecule has 0 atom stereocenters. The van der Waals surface area contributed by atoms with E-state index in [2.05, 4.69) is 32.1 Å². The van der Waals surface area contributed by atoms with Crippen molar-refractivity contribution < 1.29 is 4.79 Å². The van der Waals surface area contributed by atoms with Gasteiger partial charge in [0.15, 0.2) is 0 Å². The summed E-state index contributed by atoms with van der Waals surface area (Å²) in [5.74, 6) is 0.00204. The fourth-order valence-corrected chi connectivity index (χ4v) is 4.56. The lowest BCUT2D eigenvalue weighted by molar-refractivity contribution is 0.0218. The average molecular weight is 355 g/mol. The van der Waals surface area contributed by atoms with E-state index in [1.807, 2.05) is 18.2 Å². The number of hydrogen-bond acceptors (Lipinski definition) is 4. The van der Waals surface area contributed by atoms with Crippen LogP contribution < -0.4 is 5.32 Å². The third kappa shape index (κ3) is 3.35. The van der Waals surface area contributed by atoms with Crippen molar-refractivity contribution in [2.75, 3.05) is 33.2 Å². The van der Waals surface area contributed by atoms with Gasteiger partial charge in [0.25, 0.3) is 5.91 Å². The summed E-state index contributed by atoms with van der Waals surface area (Å²) in [5, 5.41) is 3.46. The molecule has 0 bridgehead atoms. The van der Waals surface area contributed by atoms with Crippen LogP contribution in [0.2, 0.25) is 0 Å². The molecule has 1 saturated carbocycles. The average Bonchev–Trinajstić information content (AvgIpc) is 3.03. The third-order valence-electron chi connectivity index (χ3n) is 6.05. The smallest absolute Gasteiger partial charge is 0.254 e. The molecular weight excluding hydrogens is 326 g/mol. The first kappa shape index (κ1) is 17.5. The molecule has 1 aliphatic heterocycles. The third-order valence-corrected chi connectivity index (χ3v) is 6.05. The summed E-state index contributed by atoms with van der Waals surface area (Å²) in [6, 6.07) is 5.76. The van der Waals surface area contributed by atoms with Crippen LogP contribution in [0.15, 0.2) is 24.5 Å². The minimum absolute atomic E-state index is 0.00204. The van der Waals surface area contributed by atoms with Crippen molar-refractivity contribution in [3.63, 3.8) is 0 Å². The molecule has 4 rings (SSSR count). The molecule has 1 aromatic carbocycles. The Morgan fingerprint density at radius 3 is 2.81 bits per heavy atom. The van der Waals surface area contributed by atoms with Crippen molar-refractivity contribution in [3.8, 4) is 0 Å². The second-order valence-corrected chi connectivity index (χ2v) is 7.79. The number of aromatic amines is 1. The highest BCUT2D eigenvalue weighted by atomic mass is 16.2. The molecule has 0 radical (unpaired) electrons. The number of nitrogens with zero attached hydrogens (tertiary/aromatic N) is 3. The first-order valence-electron chi connectivity index (χ1n) is 9.86. The molecule has 140 valence electrons. The van der Waals surface area contributed by atoms with Crippen LogP contribution in [0.1, 0.15) is 48.9 Å². The van der Waals surface area contributed by atoms with E-state index in [1.54, 1.807) is 6.33 Å². The molecule has 2 aliphatic rings. The Morgan fingerprint density at radius 2 is 1.96 bits per heavy atom. The van der Waals surface area contributed by atoms with Gasteiger partial charge in [0.1, 0.15) is 5.52 Å². The molecule has 1 aliphatic carbocycles. The van der Waals surface area contributed by atoms with Gasteiger partial charge < -0.3 is 15.2 Å². The van der Waals surface area contributed by atoms with Gasteiger partial charge in [0, 0.05) is 19.6 Å². The van der Waals surface area contributed by atoms with E-state index in [0.29, 0.717) is 5.56 Å². The summed E-state index contributed by atoms with van der Waals surface area (Å²) < 4.78 is 0. The Balaban J connectivity index is 1.60.